The third-order valence-electron chi connectivity index (χ3n) is 2.54. The average molecular weight is 292 g/mol. The smallest absolute Gasteiger partial charge is 0.327 e. The van der Waals surface area contributed by atoms with Crippen LogP contribution in [0, 0.1) is 0 Å². The van der Waals surface area contributed by atoms with Crippen molar-refractivity contribution < 1.29 is 19.5 Å². The van der Waals surface area contributed by atoms with E-state index in [1.807, 2.05) is 6.07 Å². The number of thioether (sulfide) groups is 1. The number of benzene rings is 1. The lowest BCUT2D eigenvalue weighted by molar-refractivity contribution is -0.140. The van der Waals surface area contributed by atoms with Gasteiger partial charge in [0.25, 0.3) is 5.91 Å². The zero-order valence-electron chi connectivity index (χ0n) is 10.3. The van der Waals surface area contributed by atoms with Gasteiger partial charge in [-0.25, -0.2) is 4.79 Å². The van der Waals surface area contributed by atoms with E-state index in [1.165, 1.54) is 6.08 Å². The molecular formula is C13H12N2O4S. The second kappa shape index (κ2) is 6.25. The molecule has 6 nitrogen and oxygen atoms in total. The predicted octanol–water partition coefficient (Wildman–Crippen LogP) is 0.825. The van der Waals surface area contributed by atoms with Gasteiger partial charge in [0, 0.05) is 17.5 Å². The molecule has 2 rings (SSSR count). The zero-order valence-corrected chi connectivity index (χ0v) is 11.1. The normalized spacial score (nSPS) is 20.3. The minimum atomic E-state index is -1.08. The lowest BCUT2D eigenvalue weighted by Gasteiger charge is -2.20. The molecule has 0 saturated carbocycles. The summed E-state index contributed by atoms with van der Waals surface area (Å²) in [6, 6.07) is 7.92. The summed E-state index contributed by atoms with van der Waals surface area (Å²) in [4.78, 5) is 34.3. The molecule has 0 aromatic heterocycles. The number of hydrogen-bond donors (Lipinski definition) is 3. The molecule has 7 heteroatoms. The Balaban J connectivity index is 1.99. The van der Waals surface area contributed by atoms with Gasteiger partial charge < -0.3 is 15.7 Å². The fourth-order valence-electron chi connectivity index (χ4n) is 1.57. The van der Waals surface area contributed by atoms with Crippen LogP contribution in [-0.4, -0.2) is 34.7 Å². The van der Waals surface area contributed by atoms with Crippen molar-refractivity contribution in [2.24, 2.45) is 0 Å². The highest BCUT2D eigenvalue weighted by atomic mass is 32.2. The molecule has 1 atom stereocenters. The molecule has 1 aromatic carbocycles. The van der Waals surface area contributed by atoms with E-state index in [1.54, 1.807) is 24.3 Å². The van der Waals surface area contributed by atoms with Crippen LogP contribution in [0.2, 0.25) is 0 Å². The summed E-state index contributed by atoms with van der Waals surface area (Å²) < 4.78 is 0. The minimum Gasteiger partial charge on any atom is -0.480 e. The van der Waals surface area contributed by atoms with Crippen molar-refractivity contribution in [2.45, 2.75) is 6.04 Å². The van der Waals surface area contributed by atoms with Crippen LogP contribution in [0.25, 0.3) is 0 Å². The molecule has 1 aliphatic rings. The van der Waals surface area contributed by atoms with E-state index < -0.39 is 23.8 Å². The number of nitrogens with one attached hydrogen (secondary N) is 2. The molecule has 104 valence electrons. The fraction of sp³-hybridized carbons (Fsp3) is 0.154. The molecule has 1 saturated heterocycles. The van der Waals surface area contributed by atoms with Crippen molar-refractivity contribution >= 4 is 35.2 Å². The molecule has 1 aromatic rings. The number of carbonyl (C=O) groups is 3. The number of amides is 2. The maximum Gasteiger partial charge on any atom is 0.327 e. The first-order valence-corrected chi connectivity index (χ1v) is 6.79. The molecule has 1 fully saturated rings. The molecule has 3 N–H and O–H groups in total. The lowest BCUT2D eigenvalue weighted by Crippen LogP contribution is -2.46. The van der Waals surface area contributed by atoms with Crippen LogP contribution in [0.15, 0.2) is 41.3 Å². The average Bonchev–Trinajstić information content (AvgIpc) is 2.42. The van der Waals surface area contributed by atoms with Gasteiger partial charge in [-0.2, -0.15) is 0 Å². The number of carbonyl (C=O) groups excluding carboxylic acids is 2. The van der Waals surface area contributed by atoms with Gasteiger partial charge >= 0.3 is 5.97 Å². The molecule has 1 heterocycles. The monoisotopic (exact) mass is 292 g/mol. The number of hydrogen-bond acceptors (Lipinski definition) is 4. The highest BCUT2D eigenvalue weighted by Crippen LogP contribution is 2.22. The maximum atomic E-state index is 11.7. The molecule has 0 spiro atoms. The van der Waals surface area contributed by atoms with E-state index in [0.717, 1.165) is 11.8 Å². The Morgan fingerprint density at radius 1 is 1.35 bits per heavy atom. The SMILES string of the molecule is O=C(/C=C1/SC[C@@H](C(=O)O)NC1=O)Nc1ccccc1. The number of anilines is 1. The first kappa shape index (κ1) is 14.1. The van der Waals surface area contributed by atoms with Crippen LogP contribution in [0.4, 0.5) is 5.69 Å². The third kappa shape index (κ3) is 3.61. The topological polar surface area (TPSA) is 95.5 Å². The van der Waals surface area contributed by atoms with Crippen molar-refractivity contribution in [3.05, 3.63) is 41.3 Å². The van der Waals surface area contributed by atoms with Gasteiger partial charge in [-0.05, 0) is 12.1 Å². The van der Waals surface area contributed by atoms with Gasteiger partial charge in [-0.3, -0.25) is 9.59 Å². The zero-order chi connectivity index (χ0) is 14.5. The van der Waals surface area contributed by atoms with Crippen LogP contribution in [0.3, 0.4) is 0 Å². The van der Waals surface area contributed by atoms with E-state index >= 15 is 0 Å². The van der Waals surface area contributed by atoms with Gasteiger partial charge in [0.15, 0.2) is 0 Å². The molecular weight excluding hydrogens is 280 g/mol. The number of rotatable bonds is 3. The molecule has 2 amide bonds. The highest BCUT2D eigenvalue weighted by Gasteiger charge is 2.28. The van der Waals surface area contributed by atoms with Crippen molar-refractivity contribution in [3.8, 4) is 0 Å². The Kier molecular flexibility index (Phi) is 4.41. The van der Waals surface area contributed by atoms with E-state index in [-0.39, 0.29) is 10.7 Å². The number of carboxylic acid groups (broad SMARTS) is 1. The number of aliphatic carboxylic acids is 1. The Morgan fingerprint density at radius 3 is 2.65 bits per heavy atom. The lowest BCUT2D eigenvalue weighted by atomic mass is 10.3. The van der Waals surface area contributed by atoms with Crippen LogP contribution in [0.1, 0.15) is 0 Å². The maximum absolute atomic E-state index is 11.7. The Labute approximate surface area is 119 Å². The largest absolute Gasteiger partial charge is 0.480 e. The van der Waals surface area contributed by atoms with Crippen LogP contribution >= 0.6 is 11.8 Å². The van der Waals surface area contributed by atoms with E-state index in [4.69, 9.17) is 5.11 Å². The van der Waals surface area contributed by atoms with Gasteiger partial charge in [0.05, 0.1) is 4.91 Å². The Bertz CT molecular complexity index is 571. The van der Waals surface area contributed by atoms with E-state index in [9.17, 15) is 14.4 Å². The molecule has 1 aliphatic heterocycles. The van der Waals surface area contributed by atoms with Gasteiger partial charge in [0.1, 0.15) is 6.04 Å². The van der Waals surface area contributed by atoms with Gasteiger partial charge in [-0.15, -0.1) is 11.8 Å². The Morgan fingerprint density at radius 2 is 2.05 bits per heavy atom. The fourth-order valence-corrected chi connectivity index (χ4v) is 2.52. The van der Waals surface area contributed by atoms with Crippen molar-refractivity contribution in [1.82, 2.24) is 5.32 Å². The highest BCUT2D eigenvalue weighted by molar-refractivity contribution is 8.04. The predicted molar refractivity (Wildman–Crippen MR) is 75.2 cm³/mol. The van der Waals surface area contributed by atoms with E-state index in [0.29, 0.717) is 5.69 Å². The second-order valence-corrected chi connectivity index (χ2v) is 5.10. The molecule has 0 bridgehead atoms. The molecule has 0 aliphatic carbocycles. The quantitative estimate of drug-likeness (QED) is 0.717. The minimum absolute atomic E-state index is 0.200. The van der Waals surface area contributed by atoms with Crippen molar-refractivity contribution in [3.63, 3.8) is 0 Å². The van der Waals surface area contributed by atoms with Crippen LogP contribution < -0.4 is 10.6 Å². The first-order chi connectivity index (χ1) is 9.56. The van der Waals surface area contributed by atoms with Crippen molar-refractivity contribution in [2.75, 3.05) is 11.1 Å². The Hall–Kier alpha value is -2.28. The first-order valence-electron chi connectivity index (χ1n) is 5.80. The third-order valence-corrected chi connectivity index (χ3v) is 3.65. The summed E-state index contributed by atoms with van der Waals surface area (Å²) >= 11 is 1.05. The van der Waals surface area contributed by atoms with Crippen LogP contribution in [-0.2, 0) is 14.4 Å². The van der Waals surface area contributed by atoms with E-state index in [2.05, 4.69) is 10.6 Å². The summed E-state index contributed by atoms with van der Waals surface area (Å²) in [7, 11) is 0. The summed E-state index contributed by atoms with van der Waals surface area (Å²) in [5, 5.41) is 13.7. The van der Waals surface area contributed by atoms with Crippen LogP contribution in [0.5, 0.6) is 0 Å². The summed E-state index contributed by atoms with van der Waals surface area (Å²) in [6.07, 6.45) is 1.17. The summed E-state index contributed by atoms with van der Waals surface area (Å²) in [5.41, 5.74) is 0.624. The molecule has 20 heavy (non-hydrogen) atoms. The standard InChI is InChI=1S/C13H12N2O4S/c16-11(14-8-4-2-1-3-5-8)6-10-12(17)15-9(7-20-10)13(18)19/h1-6,9H,7H2,(H,14,16)(H,15,17)(H,18,19)/b10-6+/t9-/m0/s1. The van der Waals surface area contributed by atoms with Crippen molar-refractivity contribution in [1.29, 1.82) is 0 Å². The number of para-hydroxylation sites is 1. The summed E-state index contributed by atoms with van der Waals surface area (Å²) in [5.74, 6) is -1.86. The van der Waals surface area contributed by atoms with Gasteiger partial charge in [0.2, 0.25) is 5.91 Å². The summed E-state index contributed by atoms with van der Waals surface area (Å²) in [6.45, 7) is 0. The molecule has 0 radical (unpaired) electrons. The van der Waals surface area contributed by atoms with Gasteiger partial charge in [-0.1, -0.05) is 18.2 Å². The second-order valence-electron chi connectivity index (χ2n) is 4.04. The number of carboxylic acids is 1. The molecule has 0 unspecified atom stereocenters.